The predicted octanol–water partition coefficient (Wildman–Crippen LogP) is 2.35. The second kappa shape index (κ2) is 5.90. The van der Waals surface area contributed by atoms with Crippen molar-refractivity contribution in [3.05, 3.63) is 33.5 Å². The first kappa shape index (κ1) is 13.8. The fraction of sp³-hybridized carbons (Fsp3) is 0.333. The Balaban J connectivity index is 3.38. The number of hydrogen-bond acceptors (Lipinski definition) is 5. The molecule has 98 valence electrons. The van der Waals surface area contributed by atoms with Crippen LogP contribution in [0.25, 0.3) is 6.08 Å². The lowest BCUT2D eigenvalue weighted by Crippen LogP contribution is -1.98. The van der Waals surface area contributed by atoms with Gasteiger partial charge in [0.2, 0.25) is 11.4 Å². The van der Waals surface area contributed by atoms with E-state index >= 15 is 0 Å². The number of benzene rings is 1. The van der Waals surface area contributed by atoms with Gasteiger partial charge in [-0.25, -0.2) is 0 Å². The van der Waals surface area contributed by atoms with E-state index in [1.165, 1.54) is 34.3 Å². The second-order valence-corrected chi connectivity index (χ2v) is 3.47. The summed E-state index contributed by atoms with van der Waals surface area (Å²) in [5, 5.41) is 10.6. The molecule has 0 spiro atoms. The molecule has 6 nitrogen and oxygen atoms in total. The van der Waals surface area contributed by atoms with Crippen molar-refractivity contribution in [1.82, 2.24) is 0 Å². The summed E-state index contributed by atoms with van der Waals surface area (Å²) in [5.41, 5.74) is 0.574. The number of rotatable bonds is 5. The van der Waals surface area contributed by atoms with Crippen molar-refractivity contribution in [2.24, 2.45) is 0 Å². The molecule has 0 aromatic heterocycles. The lowest BCUT2D eigenvalue weighted by Gasteiger charge is -2.13. The molecule has 0 N–H and O–H groups in total. The maximum absolute atomic E-state index is 10.6. The van der Waals surface area contributed by atoms with Gasteiger partial charge < -0.3 is 14.2 Å². The lowest BCUT2D eigenvalue weighted by molar-refractivity contribution is -0.422. The molecule has 0 aliphatic rings. The van der Waals surface area contributed by atoms with Crippen LogP contribution in [0.15, 0.2) is 17.8 Å². The zero-order valence-corrected chi connectivity index (χ0v) is 10.7. The van der Waals surface area contributed by atoms with Crippen LogP contribution in [-0.2, 0) is 0 Å². The molecule has 0 radical (unpaired) electrons. The lowest BCUT2D eigenvalue weighted by atomic mass is 10.1. The van der Waals surface area contributed by atoms with E-state index in [0.717, 1.165) is 0 Å². The van der Waals surface area contributed by atoms with Gasteiger partial charge in [0.1, 0.15) is 0 Å². The van der Waals surface area contributed by atoms with Crippen LogP contribution in [0.2, 0.25) is 0 Å². The molecule has 0 fully saturated rings. The fourth-order valence-electron chi connectivity index (χ4n) is 1.52. The Morgan fingerprint density at radius 3 is 2.22 bits per heavy atom. The Morgan fingerprint density at radius 1 is 1.17 bits per heavy atom. The monoisotopic (exact) mass is 253 g/mol. The molecule has 18 heavy (non-hydrogen) atoms. The summed E-state index contributed by atoms with van der Waals surface area (Å²) in [6.45, 7) is 1.41. The van der Waals surface area contributed by atoms with Gasteiger partial charge in [0.15, 0.2) is 11.5 Å². The molecule has 0 aliphatic heterocycles. The molecule has 0 heterocycles. The molecule has 0 saturated heterocycles. The number of nitrogens with zero attached hydrogens (tertiary/aromatic N) is 1. The third kappa shape index (κ3) is 2.71. The topological polar surface area (TPSA) is 70.8 Å². The van der Waals surface area contributed by atoms with E-state index in [0.29, 0.717) is 22.8 Å². The van der Waals surface area contributed by atoms with E-state index in [1.807, 2.05) is 0 Å². The van der Waals surface area contributed by atoms with Crippen LogP contribution < -0.4 is 14.2 Å². The molecule has 1 aromatic rings. The van der Waals surface area contributed by atoms with E-state index < -0.39 is 4.92 Å². The molecule has 0 amide bonds. The van der Waals surface area contributed by atoms with Crippen molar-refractivity contribution in [2.45, 2.75) is 6.92 Å². The van der Waals surface area contributed by atoms with Gasteiger partial charge in [-0.15, -0.1) is 0 Å². The zero-order valence-electron chi connectivity index (χ0n) is 10.7. The van der Waals surface area contributed by atoms with Crippen LogP contribution in [0, 0.1) is 10.1 Å². The van der Waals surface area contributed by atoms with E-state index in [2.05, 4.69) is 0 Å². The quantitative estimate of drug-likeness (QED) is 0.595. The van der Waals surface area contributed by atoms with Crippen molar-refractivity contribution < 1.29 is 19.1 Å². The highest BCUT2D eigenvalue weighted by Crippen LogP contribution is 2.40. The average molecular weight is 253 g/mol. The summed E-state index contributed by atoms with van der Waals surface area (Å²) in [6, 6.07) is 3.34. The van der Waals surface area contributed by atoms with Crippen molar-refractivity contribution in [3.8, 4) is 17.2 Å². The van der Waals surface area contributed by atoms with E-state index in [4.69, 9.17) is 14.2 Å². The molecular formula is C12H15NO5. The van der Waals surface area contributed by atoms with Crippen molar-refractivity contribution in [3.63, 3.8) is 0 Å². The van der Waals surface area contributed by atoms with Crippen molar-refractivity contribution in [1.29, 1.82) is 0 Å². The highest BCUT2D eigenvalue weighted by molar-refractivity contribution is 5.67. The molecule has 6 heteroatoms. The smallest absolute Gasteiger partial charge is 0.243 e. The molecule has 0 bridgehead atoms. The Hall–Kier alpha value is -2.24. The van der Waals surface area contributed by atoms with Gasteiger partial charge in [-0.1, -0.05) is 0 Å². The molecule has 1 aromatic carbocycles. The minimum Gasteiger partial charge on any atom is -0.493 e. The number of allylic oxidation sites excluding steroid dienone is 1. The van der Waals surface area contributed by atoms with Crippen LogP contribution in [0.5, 0.6) is 17.2 Å². The fourth-order valence-corrected chi connectivity index (χ4v) is 1.52. The van der Waals surface area contributed by atoms with Gasteiger partial charge in [0.25, 0.3) is 0 Å². The largest absolute Gasteiger partial charge is 0.493 e. The van der Waals surface area contributed by atoms with Crippen LogP contribution in [0.3, 0.4) is 0 Å². The SMILES string of the molecule is COc1ccc(C=C(C)[N+](=O)[O-])c(OC)c1OC. The number of ether oxygens (including phenoxy) is 3. The second-order valence-electron chi connectivity index (χ2n) is 3.47. The highest BCUT2D eigenvalue weighted by Gasteiger charge is 2.16. The van der Waals surface area contributed by atoms with Crippen LogP contribution in [0.1, 0.15) is 12.5 Å². The van der Waals surface area contributed by atoms with Crippen LogP contribution >= 0.6 is 0 Å². The third-order valence-electron chi connectivity index (χ3n) is 2.39. The van der Waals surface area contributed by atoms with E-state index in [-0.39, 0.29) is 5.70 Å². The normalized spacial score (nSPS) is 11.0. The Bertz CT molecular complexity index is 482. The molecule has 0 unspecified atom stereocenters. The third-order valence-corrected chi connectivity index (χ3v) is 2.39. The molecule has 1 rings (SSSR count). The summed E-state index contributed by atoms with van der Waals surface area (Å²) < 4.78 is 15.5. The van der Waals surface area contributed by atoms with E-state index in [1.54, 1.807) is 12.1 Å². The minimum atomic E-state index is -0.462. The van der Waals surface area contributed by atoms with Gasteiger partial charge in [0, 0.05) is 18.6 Å². The number of nitro groups is 1. The Kier molecular flexibility index (Phi) is 4.53. The maximum Gasteiger partial charge on any atom is 0.243 e. The standard InChI is InChI=1S/C12H15NO5/c1-8(13(14)15)7-9-5-6-10(16-2)12(18-4)11(9)17-3/h5-7H,1-4H3. The Morgan fingerprint density at radius 2 is 1.78 bits per heavy atom. The zero-order chi connectivity index (χ0) is 13.7. The average Bonchev–Trinajstić information content (AvgIpc) is 2.37. The van der Waals surface area contributed by atoms with Gasteiger partial charge in [-0.3, -0.25) is 10.1 Å². The predicted molar refractivity (Wildman–Crippen MR) is 66.7 cm³/mol. The first-order valence-electron chi connectivity index (χ1n) is 5.16. The maximum atomic E-state index is 10.6. The first-order valence-corrected chi connectivity index (χ1v) is 5.16. The van der Waals surface area contributed by atoms with Gasteiger partial charge in [0.05, 0.1) is 26.3 Å². The van der Waals surface area contributed by atoms with Crippen molar-refractivity contribution >= 4 is 6.08 Å². The number of methoxy groups -OCH3 is 3. The molecular weight excluding hydrogens is 238 g/mol. The van der Waals surface area contributed by atoms with Crippen LogP contribution in [-0.4, -0.2) is 26.3 Å². The molecule has 0 atom stereocenters. The summed E-state index contributed by atoms with van der Waals surface area (Å²) in [7, 11) is 4.46. The molecule has 0 saturated carbocycles. The van der Waals surface area contributed by atoms with Gasteiger partial charge >= 0.3 is 0 Å². The molecule has 0 aliphatic carbocycles. The number of hydrogen-bond donors (Lipinski definition) is 0. The Labute approximate surface area is 105 Å². The summed E-state index contributed by atoms with van der Waals surface area (Å²) in [6.07, 6.45) is 1.42. The summed E-state index contributed by atoms with van der Waals surface area (Å²) in [4.78, 5) is 10.2. The highest BCUT2D eigenvalue weighted by atomic mass is 16.6. The van der Waals surface area contributed by atoms with Gasteiger partial charge in [-0.05, 0) is 12.1 Å². The van der Waals surface area contributed by atoms with Crippen molar-refractivity contribution in [2.75, 3.05) is 21.3 Å². The minimum absolute atomic E-state index is 0.0144. The van der Waals surface area contributed by atoms with Gasteiger partial charge in [-0.2, -0.15) is 0 Å². The summed E-state index contributed by atoms with van der Waals surface area (Å²) >= 11 is 0. The first-order chi connectivity index (χ1) is 8.54. The summed E-state index contributed by atoms with van der Waals surface area (Å²) in [5.74, 6) is 1.31. The van der Waals surface area contributed by atoms with E-state index in [9.17, 15) is 10.1 Å². The van der Waals surface area contributed by atoms with Crippen LogP contribution in [0.4, 0.5) is 0 Å².